The van der Waals surface area contributed by atoms with Gasteiger partial charge in [0.25, 0.3) is 0 Å². The van der Waals surface area contributed by atoms with Crippen LogP contribution in [0.15, 0.2) is 0 Å². The molecule has 0 rings (SSSR count). The van der Waals surface area contributed by atoms with Gasteiger partial charge >= 0.3 is 112 Å². The van der Waals surface area contributed by atoms with Gasteiger partial charge in [0.2, 0.25) is 0 Å². The summed E-state index contributed by atoms with van der Waals surface area (Å²) in [6, 6.07) is 0. The van der Waals surface area contributed by atoms with Crippen LogP contribution in [0.5, 0.6) is 0 Å². The van der Waals surface area contributed by atoms with Crippen molar-refractivity contribution < 1.29 is 52.3 Å². The third kappa shape index (κ3) is 66.6. The minimum atomic E-state index is -5.05. The molecule has 0 aliphatic heterocycles. The van der Waals surface area contributed by atoms with Crippen LogP contribution >= 0.6 is 23.5 Å². The zero-order valence-corrected chi connectivity index (χ0v) is 8.79. The Kier molecular flexibility index (Phi) is 24.9. The van der Waals surface area contributed by atoms with Crippen molar-refractivity contribution in [2.75, 3.05) is 0 Å². The average molecular weight is 348 g/mol. The van der Waals surface area contributed by atoms with Crippen LogP contribution in [0.25, 0.3) is 0 Å². The number of rotatable bonds is 2. The molecule has 0 atom stereocenters. The molecule has 11 nitrogen and oxygen atoms in total. The molecule has 0 heterocycles. The van der Waals surface area contributed by atoms with Gasteiger partial charge in [-0.05, 0) is 0 Å². The number of hydrogen-bond donors (Lipinski definition) is 7. The van der Waals surface area contributed by atoms with Crippen molar-refractivity contribution in [2.24, 2.45) is 0 Å². The first-order chi connectivity index (χ1) is 5.71. The van der Waals surface area contributed by atoms with Gasteiger partial charge in [0.05, 0.1) is 0 Å². The molecular formula is H10Na3O11P3. The van der Waals surface area contributed by atoms with Gasteiger partial charge in [-0.1, -0.05) is 0 Å². The predicted octanol–water partition coefficient (Wildman–Crippen LogP) is -3.69. The summed E-state index contributed by atoms with van der Waals surface area (Å²) >= 11 is 0. The molecule has 17 heteroatoms. The van der Waals surface area contributed by atoms with Gasteiger partial charge in [0, 0.05) is 0 Å². The Bertz CT molecular complexity index is 265. The summed E-state index contributed by atoms with van der Waals surface area (Å²) in [5, 5.41) is 0. The van der Waals surface area contributed by atoms with Crippen molar-refractivity contribution >= 4 is 112 Å². The molecule has 0 aromatic heterocycles. The molecule has 0 bridgehead atoms. The summed E-state index contributed by atoms with van der Waals surface area (Å²) in [6.45, 7) is 0. The third-order valence-corrected chi connectivity index (χ3v) is 1.91. The Labute approximate surface area is 162 Å². The van der Waals surface area contributed by atoms with Crippen LogP contribution < -0.4 is 0 Å². The number of phosphoric acid groups is 3. The monoisotopic (exact) mass is 348 g/mol. The predicted molar refractivity (Wildman–Crippen MR) is 60.9 cm³/mol. The molecule has 0 spiro atoms. The van der Waals surface area contributed by atoms with Crippen LogP contribution in [0.1, 0.15) is 0 Å². The van der Waals surface area contributed by atoms with E-state index in [4.69, 9.17) is 38.8 Å². The Morgan fingerprint density at radius 3 is 0.706 bits per heavy atom. The molecule has 0 radical (unpaired) electrons. The second kappa shape index (κ2) is 13.1. The summed E-state index contributed by atoms with van der Waals surface area (Å²) < 4.78 is 31.1. The first kappa shape index (κ1) is 32.4. The summed E-state index contributed by atoms with van der Waals surface area (Å²) in [7, 11) is -14.7. The van der Waals surface area contributed by atoms with Crippen molar-refractivity contribution in [1.82, 2.24) is 0 Å². The second-order valence-electron chi connectivity index (χ2n) is 1.58. The van der Waals surface area contributed by atoms with Crippen LogP contribution in [0, 0.1) is 0 Å². The van der Waals surface area contributed by atoms with E-state index in [0.717, 1.165) is 0 Å². The summed E-state index contributed by atoms with van der Waals surface area (Å²) in [5.41, 5.74) is 0. The fraction of sp³-hybridized carbons (Fsp3) is 0. The van der Waals surface area contributed by atoms with E-state index >= 15 is 0 Å². The van der Waals surface area contributed by atoms with Crippen molar-refractivity contribution in [3.05, 3.63) is 0 Å². The molecule has 7 N–H and O–H groups in total. The fourth-order valence-corrected chi connectivity index (χ4v) is 1.25. The van der Waals surface area contributed by atoms with E-state index in [2.05, 4.69) is 4.31 Å². The molecule has 94 valence electrons. The summed E-state index contributed by atoms with van der Waals surface area (Å²) in [5.74, 6) is 0. The molecule has 0 saturated heterocycles. The maximum atomic E-state index is 9.63. The molecule has 0 aliphatic carbocycles. The van der Waals surface area contributed by atoms with Gasteiger partial charge in [-0.25, -0.2) is 13.7 Å². The normalized spacial score (nSPS) is 10.8. The van der Waals surface area contributed by atoms with Crippen LogP contribution in [0.4, 0.5) is 0 Å². The second-order valence-corrected chi connectivity index (χ2v) is 5.22. The zero-order valence-electron chi connectivity index (χ0n) is 6.11. The summed E-state index contributed by atoms with van der Waals surface area (Å²) in [4.78, 5) is 52.6. The molecule has 0 aromatic rings. The van der Waals surface area contributed by atoms with E-state index in [-0.39, 0.29) is 88.7 Å². The van der Waals surface area contributed by atoms with E-state index in [1.165, 1.54) is 0 Å². The Hall–Kier alpha value is 3.37. The quantitative estimate of drug-likeness (QED) is 0.191. The Morgan fingerprint density at radius 1 is 0.588 bits per heavy atom. The van der Waals surface area contributed by atoms with Gasteiger partial charge in [-0.2, -0.15) is 4.31 Å². The fourth-order valence-electron chi connectivity index (χ4n) is 0.139. The first-order valence-electron chi connectivity index (χ1n) is 2.31. The topological polar surface area (TPSA) is 202 Å². The van der Waals surface area contributed by atoms with E-state index < -0.39 is 23.5 Å². The Balaban J connectivity index is -0.0000000533. The van der Waals surface area contributed by atoms with Crippen molar-refractivity contribution in [1.29, 1.82) is 0 Å². The van der Waals surface area contributed by atoms with Crippen LogP contribution in [0.3, 0.4) is 0 Å². The molecule has 0 saturated carbocycles. The molecule has 0 unspecified atom stereocenters. The van der Waals surface area contributed by atoms with E-state index in [9.17, 15) is 9.13 Å². The molecule has 17 heavy (non-hydrogen) atoms. The molecule has 0 amide bonds. The van der Waals surface area contributed by atoms with Gasteiger partial charge in [0.1, 0.15) is 0 Å². The standard InChI is InChI=1S/3Na.H4O7P2.H3O4P.3H/c;;;1-8(2,3)7-9(4,5)6;1-5(2,3)4;;;/h;;;(H2,1,2,3)(H2,4,5,6);(H3,1,2,3,4);;;. The minimum absolute atomic E-state index is 0. The maximum absolute atomic E-state index is 9.63. The van der Waals surface area contributed by atoms with Crippen molar-refractivity contribution in [3.8, 4) is 0 Å². The molecule has 0 fully saturated rings. The Morgan fingerprint density at radius 2 is 0.706 bits per heavy atom. The van der Waals surface area contributed by atoms with Gasteiger partial charge in [-0.15, -0.1) is 0 Å². The van der Waals surface area contributed by atoms with Gasteiger partial charge in [0.15, 0.2) is 0 Å². The summed E-state index contributed by atoms with van der Waals surface area (Å²) in [6.07, 6.45) is 0. The zero-order chi connectivity index (χ0) is 12.2. The van der Waals surface area contributed by atoms with Crippen LogP contribution in [-0.2, 0) is 18.0 Å². The third-order valence-electron chi connectivity index (χ3n) is 0.213. The van der Waals surface area contributed by atoms with Gasteiger partial charge < -0.3 is 34.3 Å². The van der Waals surface area contributed by atoms with Gasteiger partial charge in [-0.3, -0.25) is 0 Å². The van der Waals surface area contributed by atoms with Crippen LogP contribution in [-0.4, -0.2) is 123 Å². The first-order valence-corrected chi connectivity index (χ1v) is 6.94. The van der Waals surface area contributed by atoms with E-state index in [0.29, 0.717) is 0 Å². The average Bonchev–Trinajstić information content (AvgIpc) is 1.42. The molecule has 0 aromatic carbocycles. The molecular weight excluding hydrogens is 338 g/mol. The molecule has 0 aliphatic rings. The SMILES string of the molecule is O=P(O)(O)O.O=P(O)(O)OP(=O)(O)O.[NaH].[NaH].[NaH]. The van der Waals surface area contributed by atoms with Crippen molar-refractivity contribution in [3.63, 3.8) is 0 Å². The van der Waals surface area contributed by atoms with Crippen molar-refractivity contribution in [2.45, 2.75) is 0 Å². The number of hydrogen-bond acceptors (Lipinski definition) is 4. The van der Waals surface area contributed by atoms with Crippen LogP contribution in [0.2, 0.25) is 0 Å². The van der Waals surface area contributed by atoms with E-state index in [1.54, 1.807) is 0 Å². The van der Waals surface area contributed by atoms with E-state index in [1.807, 2.05) is 0 Å².